The Labute approximate surface area is 218 Å². The van der Waals surface area contributed by atoms with Crippen LogP contribution in [0.25, 0.3) is 11.1 Å². The average Bonchev–Trinajstić information content (AvgIpc) is 2.74. The van der Waals surface area contributed by atoms with Crippen LogP contribution in [-0.4, -0.2) is 33.8 Å². The monoisotopic (exact) mass is 543 g/mol. The first-order valence-corrected chi connectivity index (χ1v) is 24.7. The summed E-state index contributed by atoms with van der Waals surface area (Å²) < 4.78 is 20.2. The molecule has 0 saturated heterocycles. The lowest BCUT2D eigenvalue weighted by molar-refractivity contribution is 0.327. The van der Waals surface area contributed by atoms with Gasteiger partial charge in [0.2, 0.25) is 0 Å². The molecule has 2 rings (SSSR count). The van der Waals surface area contributed by atoms with Crippen LogP contribution < -0.4 is 0 Å². The van der Waals surface area contributed by atoms with Crippen molar-refractivity contribution in [1.82, 2.24) is 0 Å². The lowest BCUT2D eigenvalue weighted by atomic mass is 10.0. The first-order chi connectivity index (χ1) is 16.2. The summed E-state index contributed by atoms with van der Waals surface area (Å²) in [6.45, 7) is 20.3. The molecule has 192 valence electrons. The van der Waals surface area contributed by atoms with Crippen molar-refractivity contribution < 1.29 is 12.3 Å². The van der Waals surface area contributed by atoms with Crippen molar-refractivity contribution in [2.45, 2.75) is 90.7 Å². The molecular weight excluding hydrogens is 499 g/mol. The quantitative estimate of drug-likeness (QED) is 0.238. The van der Waals surface area contributed by atoms with Gasteiger partial charge in [0.05, 0.1) is 11.6 Å². The van der Waals surface area contributed by atoms with Gasteiger partial charge in [-0.1, -0.05) is 56.2 Å². The van der Waals surface area contributed by atoms with Gasteiger partial charge in [0, 0.05) is 0 Å². The Kier molecular flexibility index (Phi) is 10.5. The minimum Gasteiger partial charge on any atom is -0.436 e. The third-order valence-corrected chi connectivity index (χ3v) is 21.3. The molecule has 0 aliphatic carbocycles. The summed E-state index contributed by atoms with van der Waals surface area (Å²) in [6.07, 6.45) is 3.45. The summed E-state index contributed by atoms with van der Waals surface area (Å²) in [7, 11) is -8.18. The van der Waals surface area contributed by atoms with Crippen molar-refractivity contribution in [3.63, 3.8) is 0 Å². The molecular formula is C27H45NO3Si4. The minimum absolute atomic E-state index is 0.688. The lowest BCUT2D eigenvalue weighted by Crippen LogP contribution is -2.56. The molecule has 0 saturated carbocycles. The highest BCUT2D eigenvalue weighted by Crippen LogP contribution is 2.28. The highest BCUT2D eigenvalue weighted by Gasteiger charge is 2.43. The summed E-state index contributed by atoms with van der Waals surface area (Å²) in [5.41, 5.74) is 4.32. The van der Waals surface area contributed by atoms with E-state index in [2.05, 4.69) is 89.6 Å². The van der Waals surface area contributed by atoms with Gasteiger partial charge in [-0.05, 0) is 99.7 Å². The number of hydrogen-bond acceptors (Lipinski definition) is 4. The van der Waals surface area contributed by atoms with Crippen LogP contribution in [0, 0.1) is 11.3 Å². The SMILES string of the molecule is CCCC[Si](C)(C)O[Si](C)(C)O[Si](C)(C)O[Si](C)(C)CCc1ccc(-c2ccc(C#N)cc2)cc1. The molecule has 0 fully saturated rings. The molecule has 0 spiro atoms. The number of benzene rings is 2. The predicted molar refractivity (Wildman–Crippen MR) is 158 cm³/mol. The van der Waals surface area contributed by atoms with Crippen LogP contribution in [0.3, 0.4) is 0 Å². The molecule has 0 radical (unpaired) electrons. The molecule has 0 aliphatic heterocycles. The van der Waals surface area contributed by atoms with E-state index in [-0.39, 0.29) is 0 Å². The highest BCUT2D eigenvalue weighted by atomic mass is 28.5. The number of hydrogen-bond donors (Lipinski definition) is 0. The van der Waals surface area contributed by atoms with E-state index in [9.17, 15) is 0 Å². The summed E-state index contributed by atoms with van der Waals surface area (Å²) in [6, 6.07) is 20.9. The lowest BCUT2D eigenvalue weighted by Gasteiger charge is -2.41. The van der Waals surface area contributed by atoms with E-state index in [0.717, 1.165) is 18.0 Å². The van der Waals surface area contributed by atoms with Gasteiger partial charge in [-0.15, -0.1) is 0 Å². The minimum atomic E-state index is -2.31. The number of nitrogens with zero attached hydrogens (tertiary/aromatic N) is 1. The van der Waals surface area contributed by atoms with Crippen LogP contribution >= 0.6 is 0 Å². The van der Waals surface area contributed by atoms with Crippen LogP contribution in [0.15, 0.2) is 48.5 Å². The van der Waals surface area contributed by atoms with Gasteiger partial charge in [-0.25, -0.2) is 0 Å². The Bertz CT molecular complexity index is 981. The molecule has 35 heavy (non-hydrogen) atoms. The molecule has 0 aliphatic rings. The molecule has 2 aromatic carbocycles. The van der Waals surface area contributed by atoms with Gasteiger partial charge in [0.25, 0.3) is 0 Å². The fourth-order valence-electron chi connectivity index (χ4n) is 4.72. The maximum atomic E-state index is 8.99. The maximum absolute atomic E-state index is 8.99. The second-order valence-corrected chi connectivity index (χ2v) is 27.7. The summed E-state index contributed by atoms with van der Waals surface area (Å²) in [4.78, 5) is 0. The zero-order valence-corrected chi connectivity index (χ0v) is 27.3. The summed E-state index contributed by atoms with van der Waals surface area (Å²) in [5.74, 6) is 0. The molecule has 0 aromatic heterocycles. The Morgan fingerprint density at radius 1 is 0.657 bits per heavy atom. The molecule has 0 heterocycles. The summed E-state index contributed by atoms with van der Waals surface area (Å²) in [5, 5.41) is 8.99. The van der Waals surface area contributed by atoms with E-state index in [1.54, 1.807) is 0 Å². The van der Waals surface area contributed by atoms with Gasteiger partial charge in [-0.2, -0.15) is 5.26 Å². The molecule has 0 atom stereocenters. The number of nitriles is 1. The molecule has 2 aromatic rings. The van der Waals surface area contributed by atoms with Crippen LogP contribution in [0.4, 0.5) is 0 Å². The molecule has 0 N–H and O–H groups in total. The zero-order valence-electron chi connectivity index (χ0n) is 23.3. The fourth-order valence-corrected chi connectivity index (χ4v) is 24.1. The maximum Gasteiger partial charge on any atom is 0.312 e. The third-order valence-electron chi connectivity index (χ3n) is 5.99. The normalized spacial score (nSPS) is 13.0. The Balaban J connectivity index is 1.94. The second kappa shape index (κ2) is 12.3. The number of rotatable bonds is 13. The first-order valence-electron chi connectivity index (χ1n) is 12.9. The van der Waals surface area contributed by atoms with Crippen molar-refractivity contribution in [3.05, 3.63) is 59.7 Å². The standard InChI is InChI=1S/C27H45NO3Si4/c1-10-11-21-32(2,3)29-34(6,7)31-35(8,9)30-33(4,5)22-20-24-12-16-26(17-13-24)27-18-14-25(23-28)15-19-27/h12-19H,10-11,20-22H2,1-9H3. The van der Waals surface area contributed by atoms with E-state index in [4.69, 9.17) is 17.6 Å². The van der Waals surface area contributed by atoms with E-state index in [1.807, 2.05) is 24.3 Å². The average molecular weight is 544 g/mol. The van der Waals surface area contributed by atoms with Crippen molar-refractivity contribution in [2.75, 3.05) is 0 Å². The van der Waals surface area contributed by atoms with E-state index in [1.165, 1.54) is 30.0 Å². The fraction of sp³-hybridized carbons (Fsp3) is 0.519. The van der Waals surface area contributed by atoms with Crippen molar-refractivity contribution in [2.24, 2.45) is 0 Å². The Morgan fingerprint density at radius 2 is 1.11 bits per heavy atom. The van der Waals surface area contributed by atoms with Crippen LogP contribution in [-0.2, 0) is 18.8 Å². The molecule has 0 amide bonds. The Hall–Kier alpha value is -1.32. The van der Waals surface area contributed by atoms with Gasteiger partial charge in [0.1, 0.15) is 0 Å². The topological polar surface area (TPSA) is 51.5 Å². The molecule has 4 nitrogen and oxygen atoms in total. The van der Waals surface area contributed by atoms with Crippen LogP contribution in [0.2, 0.25) is 64.5 Å². The van der Waals surface area contributed by atoms with Crippen molar-refractivity contribution >= 4 is 33.8 Å². The van der Waals surface area contributed by atoms with E-state index >= 15 is 0 Å². The van der Waals surface area contributed by atoms with Crippen LogP contribution in [0.5, 0.6) is 0 Å². The van der Waals surface area contributed by atoms with E-state index < -0.39 is 33.8 Å². The van der Waals surface area contributed by atoms with Gasteiger partial charge < -0.3 is 12.3 Å². The second-order valence-electron chi connectivity index (χ2n) is 11.6. The summed E-state index contributed by atoms with van der Waals surface area (Å²) >= 11 is 0. The molecule has 0 unspecified atom stereocenters. The third kappa shape index (κ3) is 10.7. The zero-order chi connectivity index (χ0) is 26.3. The van der Waals surface area contributed by atoms with E-state index in [0.29, 0.717) is 5.56 Å². The Morgan fingerprint density at radius 3 is 1.57 bits per heavy atom. The highest BCUT2D eigenvalue weighted by molar-refractivity contribution is 6.89. The molecule has 0 bridgehead atoms. The predicted octanol–water partition coefficient (Wildman–Crippen LogP) is 8.43. The number of unbranched alkanes of at least 4 members (excludes halogenated alkanes) is 1. The first kappa shape index (κ1) is 29.9. The largest absolute Gasteiger partial charge is 0.436 e. The molecule has 8 heteroatoms. The van der Waals surface area contributed by atoms with Gasteiger partial charge >= 0.3 is 17.1 Å². The smallest absolute Gasteiger partial charge is 0.312 e. The van der Waals surface area contributed by atoms with Crippen LogP contribution in [0.1, 0.15) is 30.9 Å². The van der Waals surface area contributed by atoms with Gasteiger partial charge in [-0.3, -0.25) is 0 Å². The number of aryl methyl sites for hydroxylation is 1. The van der Waals surface area contributed by atoms with Gasteiger partial charge in [0.15, 0.2) is 16.6 Å². The van der Waals surface area contributed by atoms with Crippen molar-refractivity contribution in [3.8, 4) is 17.2 Å². The van der Waals surface area contributed by atoms with Crippen molar-refractivity contribution in [1.29, 1.82) is 5.26 Å².